The van der Waals surface area contributed by atoms with Crippen LogP contribution in [-0.2, 0) is 24.3 Å². The van der Waals surface area contributed by atoms with Crippen molar-refractivity contribution in [2.24, 2.45) is 0 Å². The summed E-state index contributed by atoms with van der Waals surface area (Å²) in [6, 6.07) is 5.42. The van der Waals surface area contributed by atoms with Gasteiger partial charge in [0, 0.05) is 13.0 Å². The van der Waals surface area contributed by atoms with Crippen LogP contribution >= 0.6 is 0 Å². The summed E-state index contributed by atoms with van der Waals surface area (Å²) in [6.07, 6.45) is 3.91. The van der Waals surface area contributed by atoms with Crippen LogP contribution in [0.3, 0.4) is 0 Å². The third-order valence-electron chi connectivity index (χ3n) is 5.02. The van der Waals surface area contributed by atoms with Crippen LogP contribution in [0.2, 0.25) is 0 Å². The van der Waals surface area contributed by atoms with Gasteiger partial charge in [-0.25, -0.2) is 9.48 Å². The number of hydrogen-bond acceptors (Lipinski definition) is 5. The molecule has 1 N–H and O–H groups in total. The molecule has 1 atom stereocenters. The first-order valence-corrected chi connectivity index (χ1v) is 9.47. The van der Waals surface area contributed by atoms with Crippen LogP contribution in [0.4, 0.5) is 0 Å². The lowest BCUT2D eigenvalue weighted by Gasteiger charge is -2.21. The molecule has 2 aliphatic rings. The third kappa shape index (κ3) is 3.70. The number of rotatable bonds is 4. The molecule has 144 valence electrons. The lowest BCUT2D eigenvalue weighted by atomic mass is 10.1. The first-order valence-electron chi connectivity index (χ1n) is 9.47. The second-order valence-electron chi connectivity index (χ2n) is 7.01. The minimum Gasteiger partial charge on any atom is -0.486 e. The highest BCUT2D eigenvalue weighted by Gasteiger charge is 2.19. The smallest absolute Gasteiger partial charge is 0.346 e. The first kappa shape index (κ1) is 17.6. The van der Waals surface area contributed by atoms with Crippen molar-refractivity contribution >= 4 is 5.91 Å². The number of carbonyl (C=O) groups is 1. The Kier molecular flexibility index (Phi) is 4.87. The van der Waals surface area contributed by atoms with Gasteiger partial charge in [0.1, 0.15) is 25.6 Å². The van der Waals surface area contributed by atoms with Gasteiger partial charge in [-0.05, 0) is 37.5 Å². The number of aromatic nitrogens is 3. The van der Waals surface area contributed by atoms with E-state index in [0.29, 0.717) is 25.5 Å². The molecule has 2 aliphatic heterocycles. The number of hydrogen-bond donors (Lipinski definition) is 1. The van der Waals surface area contributed by atoms with E-state index in [4.69, 9.17) is 9.47 Å². The molecular formula is C19H24N4O4. The summed E-state index contributed by atoms with van der Waals surface area (Å²) >= 11 is 0. The zero-order valence-electron chi connectivity index (χ0n) is 15.4. The third-order valence-corrected chi connectivity index (χ3v) is 5.02. The predicted octanol–water partition coefficient (Wildman–Crippen LogP) is 1.42. The summed E-state index contributed by atoms with van der Waals surface area (Å²) in [5, 5.41) is 7.28. The van der Waals surface area contributed by atoms with E-state index in [2.05, 4.69) is 10.4 Å². The van der Waals surface area contributed by atoms with Crippen LogP contribution < -0.4 is 20.5 Å². The maximum atomic E-state index is 12.5. The van der Waals surface area contributed by atoms with Crippen molar-refractivity contribution in [3.05, 3.63) is 40.1 Å². The van der Waals surface area contributed by atoms with Crippen molar-refractivity contribution in [3.8, 4) is 11.5 Å². The molecule has 1 unspecified atom stereocenters. The van der Waals surface area contributed by atoms with Gasteiger partial charge in [-0.1, -0.05) is 12.5 Å². The fraction of sp³-hybridized carbons (Fsp3) is 0.526. The Labute approximate surface area is 157 Å². The first-order chi connectivity index (χ1) is 13.1. The van der Waals surface area contributed by atoms with Gasteiger partial charge in [-0.3, -0.25) is 9.36 Å². The molecule has 0 spiro atoms. The van der Waals surface area contributed by atoms with Crippen molar-refractivity contribution in [3.63, 3.8) is 0 Å². The molecule has 1 aromatic heterocycles. The second-order valence-corrected chi connectivity index (χ2v) is 7.01. The van der Waals surface area contributed by atoms with Crippen LogP contribution in [0.15, 0.2) is 23.0 Å². The molecule has 0 aliphatic carbocycles. The summed E-state index contributed by atoms with van der Waals surface area (Å²) in [7, 11) is 0. The maximum absolute atomic E-state index is 12.5. The van der Waals surface area contributed by atoms with E-state index in [9.17, 15) is 9.59 Å². The Hall–Kier alpha value is -2.77. The van der Waals surface area contributed by atoms with Crippen LogP contribution in [0.5, 0.6) is 11.5 Å². The van der Waals surface area contributed by atoms with Crippen molar-refractivity contribution in [1.82, 2.24) is 19.7 Å². The van der Waals surface area contributed by atoms with Crippen molar-refractivity contribution in [2.45, 2.75) is 51.7 Å². The Bertz CT molecular complexity index is 902. The molecule has 1 aromatic carbocycles. The molecule has 8 heteroatoms. The Morgan fingerprint density at radius 1 is 1.22 bits per heavy atom. The van der Waals surface area contributed by atoms with E-state index in [-0.39, 0.29) is 24.2 Å². The summed E-state index contributed by atoms with van der Waals surface area (Å²) in [6.45, 7) is 3.57. The van der Waals surface area contributed by atoms with E-state index >= 15 is 0 Å². The number of carbonyl (C=O) groups excluding carboxylic acids is 1. The van der Waals surface area contributed by atoms with Gasteiger partial charge < -0.3 is 14.8 Å². The minimum atomic E-state index is -0.243. The van der Waals surface area contributed by atoms with E-state index in [0.717, 1.165) is 42.8 Å². The molecular weight excluding hydrogens is 348 g/mol. The average Bonchev–Trinajstić information content (AvgIpc) is 2.84. The quantitative estimate of drug-likeness (QED) is 0.877. The Morgan fingerprint density at radius 3 is 2.89 bits per heavy atom. The van der Waals surface area contributed by atoms with E-state index < -0.39 is 0 Å². The number of aryl methyl sites for hydroxylation is 1. The highest BCUT2D eigenvalue weighted by atomic mass is 16.6. The van der Waals surface area contributed by atoms with Crippen molar-refractivity contribution in [1.29, 1.82) is 0 Å². The molecule has 27 heavy (non-hydrogen) atoms. The van der Waals surface area contributed by atoms with Gasteiger partial charge in [0.05, 0.1) is 6.04 Å². The van der Waals surface area contributed by atoms with Gasteiger partial charge in [-0.2, -0.15) is 5.10 Å². The summed E-state index contributed by atoms with van der Waals surface area (Å²) in [5.74, 6) is 1.95. The second kappa shape index (κ2) is 7.46. The molecule has 0 bridgehead atoms. The monoisotopic (exact) mass is 372 g/mol. The van der Waals surface area contributed by atoms with E-state index in [1.807, 2.05) is 25.1 Å². The fourth-order valence-electron chi connectivity index (χ4n) is 3.56. The van der Waals surface area contributed by atoms with Crippen molar-refractivity contribution in [2.75, 3.05) is 13.2 Å². The predicted molar refractivity (Wildman–Crippen MR) is 98.0 cm³/mol. The van der Waals surface area contributed by atoms with Crippen LogP contribution in [-0.4, -0.2) is 33.5 Å². The Balaban J connectivity index is 1.43. The zero-order valence-corrected chi connectivity index (χ0v) is 15.4. The highest BCUT2D eigenvalue weighted by Crippen LogP contribution is 2.32. The van der Waals surface area contributed by atoms with Crippen LogP contribution in [0.25, 0.3) is 0 Å². The molecule has 0 saturated heterocycles. The maximum Gasteiger partial charge on any atom is 0.346 e. The van der Waals surface area contributed by atoms with Gasteiger partial charge in [0.2, 0.25) is 5.91 Å². The van der Waals surface area contributed by atoms with Gasteiger partial charge in [0.25, 0.3) is 0 Å². The normalized spacial score (nSPS) is 16.9. The number of nitrogens with one attached hydrogen (secondary N) is 1. The SMILES string of the molecule is CC(NC(=O)Cn1nc2n(c1=O)CCCCC2)c1ccc2c(c1)OCCO2. The molecule has 0 saturated carbocycles. The number of fused-ring (bicyclic) bond motifs is 2. The van der Waals surface area contributed by atoms with Crippen LogP contribution in [0.1, 0.15) is 43.6 Å². The number of ether oxygens (including phenoxy) is 2. The molecule has 4 rings (SSSR count). The lowest BCUT2D eigenvalue weighted by molar-refractivity contribution is -0.122. The molecule has 8 nitrogen and oxygen atoms in total. The lowest BCUT2D eigenvalue weighted by Crippen LogP contribution is -2.35. The fourth-order valence-corrected chi connectivity index (χ4v) is 3.56. The summed E-state index contributed by atoms with van der Waals surface area (Å²) < 4.78 is 14.1. The highest BCUT2D eigenvalue weighted by molar-refractivity contribution is 5.76. The molecule has 0 fully saturated rings. The minimum absolute atomic E-state index is 0.0757. The zero-order chi connectivity index (χ0) is 18.8. The molecule has 0 radical (unpaired) electrons. The summed E-state index contributed by atoms with van der Waals surface area (Å²) in [5.41, 5.74) is 0.717. The Morgan fingerprint density at radius 2 is 2.04 bits per heavy atom. The van der Waals surface area contributed by atoms with Crippen LogP contribution in [0, 0.1) is 0 Å². The standard InChI is InChI=1S/C19H24N4O4/c1-13(14-6-7-15-16(11-14)27-10-9-26-15)20-18(24)12-23-19(25)22-8-4-2-3-5-17(22)21-23/h6-7,11,13H,2-5,8-10,12H2,1H3,(H,20,24). The van der Waals surface area contributed by atoms with Gasteiger partial charge in [0.15, 0.2) is 11.5 Å². The summed E-state index contributed by atoms with van der Waals surface area (Å²) in [4.78, 5) is 24.9. The molecule has 2 aromatic rings. The largest absolute Gasteiger partial charge is 0.486 e. The molecule has 1 amide bonds. The van der Waals surface area contributed by atoms with E-state index in [1.54, 1.807) is 4.57 Å². The molecule has 3 heterocycles. The average molecular weight is 372 g/mol. The van der Waals surface area contributed by atoms with Gasteiger partial charge in [-0.15, -0.1) is 0 Å². The number of benzene rings is 1. The van der Waals surface area contributed by atoms with Gasteiger partial charge >= 0.3 is 5.69 Å². The number of nitrogens with zero attached hydrogens (tertiary/aromatic N) is 3. The number of amides is 1. The van der Waals surface area contributed by atoms with E-state index in [1.165, 1.54) is 4.68 Å². The van der Waals surface area contributed by atoms with Crippen molar-refractivity contribution < 1.29 is 14.3 Å². The topological polar surface area (TPSA) is 87.4 Å².